The highest BCUT2D eigenvalue weighted by atomic mass is 35.5. The van der Waals surface area contributed by atoms with E-state index in [9.17, 15) is 5.11 Å². The number of hydrogen-bond acceptors (Lipinski definition) is 6. The molecule has 2 atom stereocenters. The number of rotatable bonds is 5. The Bertz CT molecular complexity index is 1250. The molecule has 5 rings (SSSR count). The van der Waals surface area contributed by atoms with E-state index in [-0.39, 0.29) is 6.10 Å². The lowest BCUT2D eigenvalue weighted by Gasteiger charge is -2.18. The van der Waals surface area contributed by atoms with Gasteiger partial charge in [-0.1, -0.05) is 23.7 Å². The Hall–Kier alpha value is -3.10. The maximum absolute atomic E-state index is 10.2. The Morgan fingerprint density at radius 3 is 2.81 bits per heavy atom. The maximum atomic E-state index is 10.2. The van der Waals surface area contributed by atoms with Crippen molar-refractivity contribution in [3.8, 4) is 17.0 Å². The molecule has 0 spiro atoms. The van der Waals surface area contributed by atoms with Gasteiger partial charge in [-0.15, -0.1) is 0 Å². The van der Waals surface area contributed by atoms with E-state index in [2.05, 4.69) is 15.5 Å². The van der Waals surface area contributed by atoms with E-state index in [0.717, 1.165) is 41.7 Å². The number of anilines is 2. The van der Waals surface area contributed by atoms with Gasteiger partial charge < -0.3 is 15.2 Å². The standard InChI is InChI=1S/C22H23ClN6O2/c1-28-21(10-16(27-28)13-5-3-6-14(23)9-13)25-20-11-19(31-18-8-4-7-17(18)30)15-12-24-29(2)22(15)26-20/h3,5-6,9-12,17-18,30H,4,7-8H2,1-2H3,(H,25,26). The highest BCUT2D eigenvalue weighted by Gasteiger charge is 2.28. The van der Waals surface area contributed by atoms with Crippen LogP contribution in [-0.4, -0.2) is 41.9 Å². The van der Waals surface area contributed by atoms with E-state index >= 15 is 0 Å². The van der Waals surface area contributed by atoms with Gasteiger partial charge in [0.25, 0.3) is 0 Å². The van der Waals surface area contributed by atoms with Crippen molar-refractivity contribution in [2.45, 2.75) is 31.5 Å². The number of nitrogens with one attached hydrogen (secondary N) is 1. The fourth-order valence-corrected chi connectivity index (χ4v) is 4.15. The van der Waals surface area contributed by atoms with Crippen molar-refractivity contribution in [2.75, 3.05) is 5.32 Å². The van der Waals surface area contributed by atoms with E-state index in [0.29, 0.717) is 22.2 Å². The molecule has 4 aromatic rings. The summed E-state index contributed by atoms with van der Waals surface area (Å²) in [7, 11) is 3.71. The molecule has 3 heterocycles. The molecule has 8 nitrogen and oxygen atoms in total. The van der Waals surface area contributed by atoms with Crippen LogP contribution in [0.2, 0.25) is 5.02 Å². The summed E-state index contributed by atoms with van der Waals surface area (Å²) in [5, 5.41) is 23.9. The van der Waals surface area contributed by atoms with E-state index in [1.165, 1.54) is 0 Å². The van der Waals surface area contributed by atoms with Crippen molar-refractivity contribution >= 4 is 34.3 Å². The van der Waals surface area contributed by atoms with Gasteiger partial charge in [-0.25, -0.2) is 4.98 Å². The first-order chi connectivity index (χ1) is 15.0. The minimum atomic E-state index is -0.450. The lowest BCUT2D eigenvalue weighted by atomic mass is 10.1. The second kappa shape index (κ2) is 7.86. The predicted molar refractivity (Wildman–Crippen MR) is 120 cm³/mol. The summed E-state index contributed by atoms with van der Waals surface area (Å²) >= 11 is 6.13. The lowest BCUT2D eigenvalue weighted by molar-refractivity contribution is 0.0614. The van der Waals surface area contributed by atoms with Crippen LogP contribution in [0.3, 0.4) is 0 Å². The number of benzene rings is 1. The Labute approximate surface area is 184 Å². The van der Waals surface area contributed by atoms with E-state index < -0.39 is 6.10 Å². The zero-order valence-corrected chi connectivity index (χ0v) is 18.0. The SMILES string of the molecule is Cn1nc(-c2cccc(Cl)c2)cc1Nc1cc(OC2CCCC2O)c2cnn(C)c2n1. The van der Waals surface area contributed by atoms with Gasteiger partial charge in [-0.05, 0) is 31.4 Å². The van der Waals surface area contributed by atoms with Gasteiger partial charge in [0.1, 0.15) is 23.5 Å². The monoisotopic (exact) mass is 438 g/mol. The van der Waals surface area contributed by atoms with Crippen LogP contribution in [0.5, 0.6) is 5.75 Å². The first-order valence-corrected chi connectivity index (χ1v) is 10.6. The highest BCUT2D eigenvalue weighted by Crippen LogP contribution is 2.33. The quantitative estimate of drug-likeness (QED) is 0.488. The molecule has 0 radical (unpaired) electrons. The molecule has 0 bridgehead atoms. The molecular weight excluding hydrogens is 416 g/mol. The van der Waals surface area contributed by atoms with Crippen LogP contribution in [0.25, 0.3) is 22.3 Å². The number of nitrogens with zero attached hydrogens (tertiary/aromatic N) is 5. The van der Waals surface area contributed by atoms with Crippen LogP contribution < -0.4 is 10.1 Å². The summed E-state index contributed by atoms with van der Waals surface area (Å²) in [6.45, 7) is 0. The molecule has 1 aliphatic rings. The Balaban J connectivity index is 1.49. The number of hydrogen-bond donors (Lipinski definition) is 2. The summed E-state index contributed by atoms with van der Waals surface area (Å²) in [5.74, 6) is 2.04. The van der Waals surface area contributed by atoms with Crippen molar-refractivity contribution in [2.24, 2.45) is 14.1 Å². The molecule has 2 N–H and O–H groups in total. The number of aromatic nitrogens is 5. The second-order valence-electron chi connectivity index (χ2n) is 7.84. The number of pyridine rings is 1. The molecule has 160 valence electrons. The third-order valence-corrected chi connectivity index (χ3v) is 5.85. The third-order valence-electron chi connectivity index (χ3n) is 5.62. The summed E-state index contributed by atoms with van der Waals surface area (Å²) in [4.78, 5) is 4.71. The summed E-state index contributed by atoms with van der Waals surface area (Å²) < 4.78 is 9.65. The fourth-order valence-electron chi connectivity index (χ4n) is 3.96. The van der Waals surface area contributed by atoms with Crippen molar-refractivity contribution < 1.29 is 9.84 Å². The van der Waals surface area contributed by atoms with Gasteiger partial charge in [-0.2, -0.15) is 10.2 Å². The molecule has 1 saturated carbocycles. The van der Waals surface area contributed by atoms with Crippen molar-refractivity contribution in [1.82, 2.24) is 24.5 Å². The smallest absolute Gasteiger partial charge is 0.163 e. The molecule has 0 saturated heterocycles. The number of aliphatic hydroxyl groups is 1. The van der Waals surface area contributed by atoms with Crippen LogP contribution in [0.15, 0.2) is 42.6 Å². The summed E-state index contributed by atoms with van der Waals surface area (Å²) in [5.41, 5.74) is 2.44. The zero-order chi connectivity index (χ0) is 21.5. The average molecular weight is 439 g/mol. The maximum Gasteiger partial charge on any atom is 0.163 e. The molecular formula is C22H23ClN6O2. The predicted octanol–water partition coefficient (Wildman–Crippen LogP) is 4.06. The molecule has 9 heteroatoms. The van der Waals surface area contributed by atoms with Gasteiger partial charge in [0.15, 0.2) is 5.65 Å². The first-order valence-electron chi connectivity index (χ1n) is 10.2. The topological polar surface area (TPSA) is 90.0 Å². The van der Waals surface area contributed by atoms with Crippen LogP contribution in [0.4, 0.5) is 11.6 Å². The van der Waals surface area contributed by atoms with E-state index in [4.69, 9.17) is 21.3 Å². The minimum Gasteiger partial charge on any atom is -0.487 e. The van der Waals surface area contributed by atoms with Crippen LogP contribution in [0.1, 0.15) is 19.3 Å². The second-order valence-corrected chi connectivity index (χ2v) is 8.28. The molecule has 2 unspecified atom stereocenters. The van der Waals surface area contributed by atoms with Crippen LogP contribution >= 0.6 is 11.6 Å². The van der Waals surface area contributed by atoms with Gasteiger partial charge in [0.2, 0.25) is 0 Å². The van der Waals surface area contributed by atoms with Crippen LogP contribution in [-0.2, 0) is 14.1 Å². The van der Waals surface area contributed by atoms with Crippen molar-refractivity contribution in [1.29, 1.82) is 0 Å². The molecule has 0 amide bonds. The van der Waals surface area contributed by atoms with Crippen molar-refractivity contribution in [3.05, 3.63) is 47.6 Å². The average Bonchev–Trinajstić information content (AvgIpc) is 3.43. The molecule has 1 aromatic carbocycles. The lowest BCUT2D eigenvalue weighted by Crippen LogP contribution is -2.25. The Morgan fingerprint density at radius 2 is 2.03 bits per heavy atom. The fraction of sp³-hybridized carbons (Fsp3) is 0.318. The number of ether oxygens (including phenoxy) is 1. The molecule has 31 heavy (non-hydrogen) atoms. The highest BCUT2D eigenvalue weighted by molar-refractivity contribution is 6.30. The molecule has 3 aromatic heterocycles. The minimum absolute atomic E-state index is 0.218. The zero-order valence-electron chi connectivity index (χ0n) is 17.3. The third kappa shape index (κ3) is 3.84. The van der Waals surface area contributed by atoms with Gasteiger partial charge in [0, 0.05) is 36.8 Å². The molecule has 1 fully saturated rings. The Kier molecular flexibility index (Phi) is 5.03. The van der Waals surface area contributed by atoms with Gasteiger partial charge >= 0.3 is 0 Å². The normalized spacial score (nSPS) is 18.6. The molecule has 0 aliphatic heterocycles. The van der Waals surface area contributed by atoms with Crippen molar-refractivity contribution in [3.63, 3.8) is 0 Å². The number of halogens is 1. The van der Waals surface area contributed by atoms with Gasteiger partial charge in [0.05, 0.1) is 23.4 Å². The number of fused-ring (bicyclic) bond motifs is 1. The summed E-state index contributed by atoms with van der Waals surface area (Å²) in [6, 6.07) is 11.4. The first kappa shape index (κ1) is 19.8. The van der Waals surface area contributed by atoms with E-state index in [1.54, 1.807) is 15.6 Å². The largest absolute Gasteiger partial charge is 0.487 e. The molecule has 1 aliphatic carbocycles. The Morgan fingerprint density at radius 1 is 1.16 bits per heavy atom. The summed E-state index contributed by atoms with van der Waals surface area (Å²) in [6.07, 6.45) is 3.62. The number of aliphatic hydroxyl groups excluding tert-OH is 1. The van der Waals surface area contributed by atoms with Crippen LogP contribution in [0, 0.1) is 0 Å². The number of aryl methyl sites for hydroxylation is 2. The van der Waals surface area contributed by atoms with Gasteiger partial charge in [-0.3, -0.25) is 9.36 Å². The van der Waals surface area contributed by atoms with E-state index in [1.807, 2.05) is 50.5 Å².